The van der Waals surface area contributed by atoms with Gasteiger partial charge in [0, 0.05) is 19.3 Å². The smallest absolute Gasteiger partial charge is 0.180 e. The van der Waals surface area contributed by atoms with Crippen molar-refractivity contribution in [1.82, 2.24) is 9.13 Å². The Morgan fingerprint density at radius 2 is 1.33 bits per heavy atom. The highest BCUT2D eigenvalue weighted by Gasteiger charge is 2.28. The zero-order valence-corrected chi connectivity index (χ0v) is 16.6. The van der Waals surface area contributed by atoms with Gasteiger partial charge in [0.15, 0.2) is 4.77 Å². The van der Waals surface area contributed by atoms with E-state index in [1.165, 1.54) is 10.6 Å². The largest absolute Gasteiger partial charge is 0.321 e. The molecule has 0 saturated carbocycles. The van der Waals surface area contributed by atoms with Crippen molar-refractivity contribution in [3.05, 3.63) is 71.6 Å². The van der Waals surface area contributed by atoms with Gasteiger partial charge in [-0.25, -0.2) is 0 Å². The molecule has 0 aliphatic carbocycles. The van der Waals surface area contributed by atoms with Crippen LogP contribution in [0.15, 0.2) is 66.9 Å². The molecule has 124 valence electrons. The van der Waals surface area contributed by atoms with E-state index in [9.17, 15) is 0 Å². The lowest BCUT2D eigenvalue weighted by molar-refractivity contribution is 0.582. The number of hydrogen-bond acceptors (Lipinski definition) is 2. The second-order valence-corrected chi connectivity index (χ2v) is 10.8. The minimum atomic E-state index is -2.15. The molecule has 3 aromatic rings. The first-order valence-electron chi connectivity index (χ1n) is 7.96. The van der Waals surface area contributed by atoms with Crippen molar-refractivity contribution in [3.8, 4) is 0 Å². The Bertz CT molecular complexity index is 897. The van der Waals surface area contributed by atoms with E-state index < -0.39 is 6.04 Å². The zero-order valence-electron chi connectivity index (χ0n) is 14.1. The average Bonchev–Trinajstić information content (AvgIpc) is 2.92. The standard InChI is InChI=1S/C19H21N2PS2/c1-15(2)21-14-18(20(3)19(21)23)22(24,16-10-6-4-7-11-16)17-12-8-5-9-13-17/h4-15H,1-3H3. The molecule has 24 heavy (non-hydrogen) atoms. The second kappa shape index (κ2) is 6.79. The summed E-state index contributed by atoms with van der Waals surface area (Å²) in [5, 5.41) is 2.38. The maximum atomic E-state index is 6.38. The molecular weight excluding hydrogens is 351 g/mol. The Labute approximate surface area is 153 Å². The van der Waals surface area contributed by atoms with Gasteiger partial charge >= 0.3 is 0 Å². The van der Waals surface area contributed by atoms with E-state index in [0.717, 1.165) is 10.2 Å². The summed E-state index contributed by atoms with van der Waals surface area (Å²) >= 11 is 12.0. The molecule has 0 bridgehead atoms. The lowest BCUT2D eigenvalue weighted by atomic mass is 10.4. The minimum Gasteiger partial charge on any atom is -0.321 e. The summed E-state index contributed by atoms with van der Waals surface area (Å²) in [4.78, 5) is 0. The van der Waals surface area contributed by atoms with Crippen LogP contribution in [0.5, 0.6) is 0 Å². The molecule has 0 fully saturated rings. The van der Waals surface area contributed by atoms with Crippen LogP contribution in [-0.2, 0) is 18.9 Å². The highest BCUT2D eigenvalue weighted by molar-refractivity contribution is 8.25. The average molecular weight is 372 g/mol. The van der Waals surface area contributed by atoms with Crippen molar-refractivity contribution in [3.63, 3.8) is 0 Å². The van der Waals surface area contributed by atoms with Crippen LogP contribution in [0.3, 0.4) is 0 Å². The van der Waals surface area contributed by atoms with Gasteiger partial charge in [-0.15, -0.1) is 0 Å². The molecule has 3 rings (SSSR count). The fourth-order valence-corrected chi connectivity index (χ4v) is 7.37. The molecule has 2 aromatic carbocycles. The molecule has 0 unspecified atom stereocenters. The van der Waals surface area contributed by atoms with E-state index in [2.05, 4.69) is 77.7 Å². The first kappa shape index (κ1) is 17.3. The Hall–Kier alpha value is -1.48. The molecule has 1 heterocycles. The molecule has 0 spiro atoms. The third kappa shape index (κ3) is 2.83. The van der Waals surface area contributed by atoms with Crippen molar-refractivity contribution in [2.45, 2.75) is 19.9 Å². The van der Waals surface area contributed by atoms with Crippen LogP contribution in [0.4, 0.5) is 0 Å². The summed E-state index contributed by atoms with van der Waals surface area (Å²) in [5.74, 6) is 0. The molecule has 0 amide bonds. The fourth-order valence-electron chi connectivity index (χ4n) is 2.89. The summed E-state index contributed by atoms with van der Waals surface area (Å²) in [5.41, 5.74) is 1.13. The molecule has 0 radical (unpaired) electrons. The highest BCUT2D eigenvalue weighted by atomic mass is 32.4. The Kier molecular flexibility index (Phi) is 4.91. The Morgan fingerprint density at radius 1 is 0.875 bits per heavy atom. The van der Waals surface area contributed by atoms with Crippen molar-refractivity contribution in [1.29, 1.82) is 0 Å². The Balaban J connectivity index is 2.35. The molecule has 1 aromatic heterocycles. The van der Waals surface area contributed by atoms with Crippen molar-refractivity contribution < 1.29 is 0 Å². The lowest BCUT2D eigenvalue weighted by Crippen LogP contribution is -2.28. The van der Waals surface area contributed by atoms with Crippen LogP contribution < -0.4 is 16.0 Å². The normalized spacial score (nSPS) is 11.8. The van der Waals surface area contributed by atoms with Crippen molar-refractivity contribution in [2.75, 3.05) is 0 Å². The molecular formula is C19H21N2PS2. The fraction of sp³-hybridized carbons (Fsp3) is 0.211. The summed E-state index contributed by atoms with van der Waals surface area (Å²) in [6.45, 7) is 4.29. The van der Waals surface area contributed by atoms with Gasteiger partial charge in [0.1, 0.15) is 0 Å². The van der Waals surface area contributed by atoms with Gasteiger partial charge in [0.2, 0.25) is 0 Å². The van der Waals surface area contributed by atoms with Gasteiger partial charge in [-0.1, -0.05) is 72.5 Å². The minimum absolute atomic E-state index is 0.312. The van der Waals surface area contributed by atoms with Crippen LogP contribution >= 0.6 is 18.3 Å². The lowest BCUT2D eigenvalue weighted by Gasteiger charge is -2.23. The number of hydrogen-bond donors (Lipinski definition) is 0. The van der Waals surface area contributed by atoms with Crippen LogP contribution in [0.25, 0.3) is 0 Å². The van der Waals surface area contributed by atoms with Crippen molar-refractivity contribution >= 4 is 46.1 Å². The zero-order chi connectivity index (χ0) is 17.3. The quantitative estimate of drug-likeness (QED) is 0.508. The SMILES string of the molecule is CC(C)n1cc(P(=S)(c2ccccc2)c2ccccc2)n(C)c1=S. The van der Waals surface area contributed by atoms with E-state index in [-0.39, 0.29) is 0 Å². The number of imidazole rings is 1. The van der Waals surface area contributed by atoms with E-state index in [1.807, 2.05) is 19.2 Å². The van der Waals surface area contributed by atoms with E-state index in [1.54, 1.807) is 0 Å². The third-order valence-electron chi connectivity index (χ3n) is 4.22. The maximum absolute atomic E-state index is 6.38. The van der Waals surface area contributed by atoms with Crippen LogP contribution in [-0.4, -0.2) is 9.13 Å². The van der Waals surface area contributed by atoms with Crippen molar-refractivity contribution in [2.24, 2.45) is 7.05 Å². The van der Waals surface area contributed by atoms with Crippen LogP contribution in [0, 0.1) is 4.77 Å². The van der Waals surface area contributed by atoms with E-state index in [0.29, 0.717) is 6.04 Å². The van der Waals surface area contributed by atoms with Gasteiger partial charge in [-0.2, -0.15) is 0 Å². The summed E-state index contributed by atoms with van der Waals surface area (Å²) < 4.78 is 5.05. The summed E-state index contributed by atoms with van der Waals surface area (Å²) in [6.07, 6.45) is 2.16. The van der Waals surface area contributed by atoms with Gasteiger partial charge in [0.05, 0.1) is 11.5 Å². The molecule has 0 aliphatic rings. The van der Waals surface area contributed by atoms with Gasteiger partial charge in [-0.3, -0.25) is 0 Å². The third-order valence-corrected chi connectivity index (χ3v) is 9.65. The monoisotopic (exact) mass is 372 g/mol. The molecule has 2 nitrogen and oxygen atoms in total. The number of aromatic nitrogens is 2. The molecule has 0 atom stereocenters. The molecule has 0 N–H and O–H groups in total. The predicted octanol–water partition coefficient (Wildman–Crippen LogP) is 3.89. The van der Waals surface area contributed by atoms with Gasteiger partial charge in [0.25, 0.3) is 0 Å². The first-order chi connectivity index (χ1) is 11.5. The van der Waals surface area contributed by atoms with E-state index in [4.69, 9.17) is 24.0 Å². The first-order valence-corrected chi connectivity index (χ1v) is 11.2. The number of rotatable bonds is 4. The molecule has 5 heteroatoms. The Morgan fingerprint density at radius 3 is 1.71 bits per heavy atom. The molecule has 0 aliphatic heterocycles. The topological polar surface area (TPSA) is 9.86 Å². The number of benzene rings is 2. The van der Waals surface area contributed by atoms with Crippen LogP contribution in [0.1, 0.15) is 19.9 Å². The maximum Gasteiger partial charge on any atom is 0.180 e. The number of nitrogens with zero attached hydrogens (tertiary/aromatic N) is 2. The van der Waals surface area contributed by atoms with Gasteiger partial charge in [-0.05, 0) is 36.7 Å². The van der Waals surface area contributed by atoms with Crippen LogP contribution in [0.2, 0.25) is 0 Å². The predicted molar refractivity (Wildman–Crippen MR) is 111 cm³/mol. The van der Waals surface area contributed by atoms with Gasteiger partial charge < -0.3 is 9.13 Å². The van der Waals surface area contributed by atoms with E-state index >= 15 is 0 Å². The highest BCUT2D eigenvalue weighted by Crippen LogP contribution is 2.42. The molecule has 0 saturated heterocycles. The summed E-state index contributed by atoms with van der Waals surface area (Å²) in [6, 6.07) is 19.0. The second-order valence-electron chi connectivity index (χ2n) is 6.11. The summed E-state index contributed by atoms with van der Waals surface area (Å²) in [7, 11) is 2.03.